The van der Waals surface area contributed by atoms with E-state index >= 15 is 0 Å². The van der Waals surface area contributed by atoms with Gasteiger partial charge in [0.05, 0.1) is 5.92 Å². The Balaban J connectivity index is 1.81. The van der Waals surface area contributed by atoms with E-state index in [4.69, 9.17) is 5.11 Å². The molecule has 0 radical (unpaired) electrons. The third kappa shape index (κ3) is 3.95. The van der Waals surface area contributed by atoms with Crippen LogP contribution in [0.4, 0.5) is 0 Å². The first-order valence-electron chi connectivity index (χ1n) is 6.90. The lowest BCUT2D eigenvalue weighted by atomic mass is 9.96. The van der Waals surface area contributed by atoms with Crippen molar-refractivity contribution in [3.8, 4) is 0 Å². The van der Waals surface area contributed by atoms with Gasteiger partial charge in [-0.1, -0.05) is 36.8 Å². The molecular formula is C16H19NO3. The van der Waals surface area contributed by atoms with Gasteiger partial charge in [-0.05, 0) is 30.4 Å². The van der Waals surface area contributed by atoms with Crippen molar-refractivity contribution in [2.45, 2.75) is 19.3 Å². The highest BCUT2D eigenvalue weighted by molar-refractivity contribution is 5.91. The molecule has 2 rings (SSSR count). The number of benzene rings is 1. The van der Waals surface area contributed by atoms with Gasteiger partial charge in [0.2, 0.25) is 5.91 Å². The second kappa shape index (κ2) is 6.89. The number of rotatable bonds is 5. The molecule has 1 aliphatic rings. The third-order valence-electron chi connectivity index (χ3n) is 3.74. The Bertz CT molecular complexity index is 496. The second-order valence-electron chi connectivity index (χ2n) is 5.12. The van der Waals surface area contributed by atoms with E-state index in [1.165, 1.54) is 6.08 Å². The predicted molar refractivity (Wildman–Crippen MR) is 77.0 cm³/mol. The normalized spacial score (nSPS) is 22.0. The molecule has 1 aromatic carbocycles. The molecule has 0 saturated heterocycles. The molecule has 2 unspecified atom stereocenters. The third-order valence-corrected chi connectivity index (χ3v) is 3.74. The predicted octanol–water partition coefficient (Wildman–Crippen LogP) is 2.32. The van der Waals surface area contributed by atoms with Gasteiger partial charge in [-0.2, -0.15) is 0 Å². The molecule has 0 aliphatic heterocycles. The summed E-state index contributed by atoms with van der Waals surface area (Å²) in [7, 11) is 0. The van der Waals surface area contributed by atoms with E-state index in [2.05, 4.69) is 5.32 Å². The van der Waals surface area contributed by atoms with Crippen molar-refractivity contribution < 1.29 is 14.7 Å². The van der Waals surface area contributed by atoms with E-state index in [1.807, 2.05) is 30.3 Å². The Labute approximate surface area is 118 Å². The maximum absolute atomic E-state index is 11.7. The fourth-order valence-corrected chi connectivity index (χ4v) is 2.63. The van der Waals surface area contributed by atoms with Crippen LogP contribution in [0.3, 0.4) is 0 Å². The van der Waals surface area contributed by atoms with E-state index < -0.39 is 5.97 Å². The van der Waals surface area contributed by atoms with Crippen LogP contribution in [0.15, 0.2) is 36.4 Å². The van der Waals surface area contributed by atoms with Gasteiger partial charge in [0.1, 0.15) is 0 Å². The van der Waals surface area contributed by atoms with Crippen molar-refractivity contribution in [3.05, 3.63) is 42.0 Å². The maximum Gasteiger partial charge on any atom is 0.306 e. The van der Waals surface area contributed by atoms with Gasteiger partial charge in [-0.3, -0.25) is 9.59 Å². The van der Waals surface area contributed by atoms with E-state index in [-0.39, 0.29) is 17.7 Å². The van der Waals surface area contributed by atoms with Crippen LogP contribution in [0.1, 0.15) is 24.8 Å². The Morgan fingerprint density at radius 3 is 2.70 bits per heavy atom. The minimum Gasteiger partial charge on any atom is -0.481 e. The molecular weight excluding hydrogens is 254 g/mol. The summed E-state index contributed by atoms with van der Waals surface area (Å²) in [6, 6.07) is 9.58. The number of carboxylic acid groups (broad SMARTS) is 1. The summed E-state index contributed by atoms with van der Waals surface area (Å²) in [5, 5.41) is 11.9. The fourth-order valence-electron chi connectivity index (χ4n) is 2.63. The van der Waals surface area contributed by atoms with Crippen LogP contribution in [0.2, 0.25) is 0 Å². The molecule has 1 amide bonds. The highest BCUT2D eigenvalue weighted by Gasteiger charge is 2.32. The van der Waals surface area contributed by atoms with Gasteiger partial charge in [0.15, 0.2) is 0 Å². The molecule has 106 valence electrons. The number of aliphatic carboxylic acids is 1. The zero-order valence-electron chi connectivity index (χ0n) is 11.3. The van der Waals surface area contributed by atoms with Crippen molar-refractivity contribution in [1.82, 2.24) is 5.32 Å². The Kier molecular flexibility index (Phi) is 4.93. The van der Waals surface area contributed by atoms with Crippen molar-refractivity contribution in [2.75, 3.05) is 6.54 Å². The zero-order valence-corrected chi connectivity index (χ0v) is 11.3. The Hall–Kier alpha value is -2.10. The van der Waals surface area contributed by atoms with Crippen molar-refractivity contribution >= 4 is 18.0 Å². The number of amides is 1. The fraction of sp³-hybridized carbons (Fsp3) is 0.375. The largest absolute Gasteiger partial charge is 0.481 e. The molecule has 4 nitrogen and oxygen atoms in total. The van der Waals surface area contributed by atoms with Crippen LogP contribution < -0.4 is 5.32 Å². The van der Waals surface area contributed by atoms with Crippen LogP contribution in [-0.2, 0) is 9.59 Å². The average Bonchev–Trinajstić information content (AvgIpc) is 2.92. The van der Waals surface area contributed by atoms with Gasteiger partial charge in [0, 0.05) is 12.6 Å². The van der Waals surface area contributed by atoms with Crippen molar-refractivity contribution in [2.24, 2.45) is 11.8 Å². The van der Waals surface area contributed by atoms with Crippen LogP contribution in [-0.4, -0.2) is 23.5 Å². The van der Waals surface area contributed by atoms with E-state index in [9.17, 15) is 9.59 Å². The number of hydrogen-bond donors (Lipinski definition) is 2. The Morgan fingerprint density at radius 2 is 2.00 bits per heavy atom. The van der Waals surface area contributed by atoms with Crippen LogP contribution in [0.25, 0.3) is 6.08 Å². The summed E-state index contributed by atoms with van der Waals surface area (Å²) in [6.07, 6.45) is 5.76. The lowest BCUT2D eigenvalue weighted by molar-refractivity contribution is -0.143. The van der Waals surface area contributed by atoms with Crippen LogP contribution >= 0.6 is 0 Å². The first-order chi connectivity index (χ1) is 9.66. The first-order valence-corrected chi connectivity index (χ1v) is 6.90. The van der Waals surface area contributed by atoms with Crippen LogP contribution in [0, 0.1) is 11.8 Å². The molecule has 20 heavy (non-hydrogen) atoms. The minimum atomic E-state index is -0.749. The van der Waals surface area contributed by atoms with Gasteiger partial charge >= 0.3 is 5.97 Å². The van der Waals surface area contributed by atoms with Crippen molar-refractivity contribution in [1.29, 1.82) is 0 Å². The smallest absolute Gasteiger partial charge is 0.306 e. The van der Waals surface area contributed by atoms with Gasteiger partial charge in [-0.15, -0.1) is 0 Å². The Morgan fingerprint density at radius 1 is 1.25 bits per heavy atom. The first kappa shape index (κ1) is 14.3. The number of carbonyl (C=O) groups is 2. The number of hydrogen-bond acceptors (Lipinski definition) is 2. The molecule has 4 heteroatoms. The molecule has 2 N–H and O–H groups in total. The summed E-state index contributed by atoms with van der Waals surface area (Å²) in [5.74, 6) is -1.18. The minimum absolute atomic E-state index is 0.0570. The molecule has 0 aromatic heterocycles. The summed E-state index contributed by atoms with van der Waals surface area (Å²) < 4.78 is 0. The molecule has 0 heterocycles. The highest BCUT2D eigenvalue weighted by atomic mass is 16.4. The monoisotopic (exact) mass is 273 g/mol. The summed E-state index contributed by atoms with van der Waals surface area (Å²) in [5.41, 5.74) is 0.965. The van der Waals surface area contributed by atoms with Crippen molar-refractivity contribution in [3.63, 3.8) is 0 Å². The number of carbonyl (C=O) groups excluding carboxylic acids is 1. The quantitative estimate of drug-likeness (QED) is 0.809. The topological polar surface area (TPSA) is 66.4 Å². The van der Waals surface area contributed by atoms with E-state index in [0.717, 1.165) is 24.8 Å². The molecule has 0 bridgehead atoms. The van der Waals surface area contributed by atoms with E-state index in [0.29, 0.717) is 6.54 Å². The summed E-state index contributed by atoms with van der Waals surface area (Å²) in [4.78, 5) is 22.7. The molecule has 1 aliphatic carbocycles. The SMILES string of the molecule is O=C(C=Cc1ccccc1)NCC1CCCC1C(=O)O. The zero-order chi connectivity index (χ0) is 14.4. The molecule has 2 atom stereocenters. The summed E-state index contributed by atoms with van der Waals surface area (Å²) >= 11 is 0. The second-order valence-corrected chi connectivity index (χ2v) is 5.12. The number of nitrogens with one attached hydrogen (secondary N) is 1. The highest BCUT2D eigenvalue weighted by Crippen LogP contribution is 2.31. The number of carboxylic acids is 1. The molecule has 1 aromatic rings. The summed E-state index contributed by atoms with van der Waals surface area (Å²) in [6.45, 7) is 0.439. The maximum atomic E-state index is 11.7. The molecule has 0 spiro atoms. The van der Waals surface area contributed by atoms with E-state index in [1.54, 1.807) is 6.08 Å². The molecule has 1 saturated carbocycles. The van der Waals surface area contributed by atoms with Gasteiger partial charge in [0.25, 0.3) is 0 Å². The average molecular weight is 273 g/mol. The standard InChI is InChI=1S/C16H19NO3/c18-15(10-9-12-5-2-1-3-6-12)17-11-13-7-4-8-14(13)16(19)20/h1-3,5-6,9-10,13-14H,4,7-8,11H2,(H,17,18)(H,19,20). The molecule has 1 fully saturated rings. The van der Waals surface area contributed by atoms with Crippen LogP contribution in [0.5, 0.6) is 0 Å². The van der Waals surface area contributed by atoms with Gasteiger partial charge in [-0.25, -0.2) is 0 Å². The lowest BCUT2D eigenvalue weighted by Crippen LogP contribution is -2.32. The van der Waals surface area contributed by atoms with Gasteiger partial charge < -0.3 is 10.4 Å². The lowest BCUT2D eigenvalue weighted by Gasteiger charge is -2.15.